The van der Waals surface area contributed by atoms with Crippen LogP contribution in [0.15, 0.2) is 42.5 Å². The normalized spacial score (nSPS) is 16.0. The highest BCUT2D eigenvalue weighted by molar-refractivity contribution is 5.67. The predicted molar refractivity (Wildman–Crippen MR) is 114 cm³/mol. The number of piperidine rings is 1. The summed E-state index contributed by atoms with van der Waals surface area (Å²) in [4.78, 5) is 13.7. The Morgan fingerprint density at radius 1 is 1.16 bits per heavy atom. The summed E-state index contributed by atoms with van der Waals surface area (Å²) in [6.45, 7) is 6.14. The van der Waals surface area contributed by atoms with Crippen molar-refractivity contribution in [1.82, 2.24) is 5.32 Å². The lowest BCUT2D eigenvalue weighted by atomic mass is 9.91. The van der Waals surface area contributed by atoms with Crippen LogP contribution in [-0.4, -0.2) is 42.0 Å². The second-order valence-corrected chi connectivity index (χ2v) is 8.72. The molecule has 6 nitrogen and oxygen atoms in total. The van der Waals surface area contributed by atoms with Gasteiger partial charge in [-0.15, -0.1) is 0 Å². The second-order valence-electron chi connectivity index (χ2n) is 8.72. The lowest BCUT2D eigenvalue weighted by Crippen LogP contribution is -2.51. The lowest BCUT2D eigenvalue weighted by Gasteiger charge is -2.39. The molecule has 0 unspecified atom stereocenters. The number of hydrogen-bond acceptors (Lipinski definition) is 5. The fraction of sp³-hybridized carbons (Fsp3) is 0.435. The summed E-state index contributed by atoms with van der Waals surface area (Å²) in [6, 6.07) is 10.3. The molecule has 3 rings (SSSR count). The molecule has 2 aromatic rings. The van der Waals surface area contributed by atoms with Gasteiger partial charge in [-0.2, -0.15) is 0 Å². The summed E-state index contributed by atoms with van der Waals surface area (Å²) in [5, 5.41) is 13.4. The van der Waals surface area contributed by atoms with E-state index in [2.05, 4.69) is 5.32 Å². The first-order valence-corrected chi connectivity index (χ1v) is 10.2. The number of carbonyl (C=O) groups is 1. The van der Waals surface area contributed by atoms with Gasteiger partial charge in [0.2, 0.25) is 0 Å². The quantitative estimate of drug-likeness (QED) is 0.719. The number of carbonyl (C=O) groups excluding carboxylic acids is 1. The molecule has 1 amide bonds. The van der Waals surface area contributed by atoms with Crippen LogP contribution in [-0.2, 0) is 4.74 Å². The molecule has 8 heteroatoms. The van der Waals surface area contributed by atoms with Crippen LogP contribution in [0.25, 0.3) is 0 Å². The van der Waals surface area contributed by atoms with Crippen LogP contribution in [0.5, 0.6) is 11.5 Å². The third-order valence-electron chi connectivity index (χ3n) is 4.96. The van der Waals surface area contributed by atoms with E-state index in [1.165, 1.54) is 24.3 Å². The summed E-state index contributed by atoms with van der Waals surface area (Å²) in [7, 11) is 0. The van der Waals surface area contributed by atoms with Crippen molar-refractivity contribution in [1.29, 1.82) is 0 Å². The molecule has 2 N–H and O–H groups in total. The number of aliphatic hydroxyl groups is 1. The highest BCUT2D eigenvalue weighted by Crippen LogP contribution is 2.34. The zero-order valence-electron chi connectivity index (χ0n) is 18.0. The summed E-state index contributed by atoms with van der Waals surface area (Å²) < 4.78 is 39.1. The number of benzene rings is 2. The number of anilines is 1. The standard InChI is InChI=1S/C23H28F2N2O4/c1-22(2,3)31-21(28)26-15-23(29)10-12-27(13-11-23)18-8-5-9-19(20(18)25)30-17-7-4-6-16(24)14-17/h4-9,14,29H,10-13,15H2,1-3H3,(H,26,28). The van der Waals surface area contributed by atoms with Gasteiger partial charge >= 0.3 is 6.09 Å². The maximum absolute atomic E-state index is 15.1. The molecular weight excluding hydrogens is 406 g/mol. The molecule has 0 aromatic heterocycles. The molecule has 168 valence electrons. The Morgan fingerprint density at radius 2 is 1.84 bits per heavy atom. The van der Waals surface area contributed by atoms with Gasteiger partial charge in [0.25, 0.3) is 0 Å². The van der Waals surface area contributed by atoms with Crippen molar-refractivity contribution in [2.24, 2.45) is 0 Å². The van der Waals surface area contributed by atoms with Crippen molar-refractivity contribution in [2.45, 2.75) is 44.8 Å². The highest BCUT2D eigenvalue weighted by Gasteiger charge is 2.34. The molecule has 0 radical (unpaired) electrons. The minimum Gasteiger partial charge on any atom is -0.454 e. The van der Waals surface area contributed by atoms with E-state index in [1.54, 1.807) is 39.0 Å². The van der Waals surface area contributed by atoms with E-state index >= 15 is 4.39 Å². The second kappa shape index (κ2) is 9.09. The first-order valence-electron chi connectivity index (χ1n) is 10.2. The molecule has 1 aliphatic heterocycles. The van der Waals surface area contributed by atoms with Gasteiger partial charge < -0.3 is 24.8 Å². The van der Waals surface area contributed by atoms with Gasteiger partial charge in [-0.3, -0.25) is 0 Å². The number of alkyl carbamates (subject to hydrolysis) is 1. The van der Waals surface area contributed by atoms with Crippen molar-refractivity contribution in [3.8, 4) is 11.5 Å². The first-order chi connectivity index (χ1) is 14.5. The first kappa shape index (κ1) is 22.8. The molecular formula is C23H28F2N2O4. The van der Waals surface area contributed by atoms with Gasteiger partial charge in [0.1, 0.15) is 17.2 Å². The third-order valence-corrected chi connectivity index (χ3v) is 4.96. The Hall–Kier alpha value is -2.87. The summed E-state index contributed by atoms with van der Waals surface area (Å²) >= 11 is 0. The number of ether oxygens (including phenoxy) is 2. The van der Waals surface area contributed by atoms with Gasteiger partial charge in [0.05, 0.1) is 11.3 Å². The molecule has 1 heterocycles. The van der Waals surface area contributed by atoms with Crippen molar-refractivity contribution in [3.63, 3.8) is 0 Å². The van der Waals surface area contributed by atoms with Crippen LogP contribution in [0.2, 0.25) is 0 Å². The minimum absolute atomic E-state index is 0.00414. The zero-order chi connectivity index (χ0) is 22.6. The van der Waals surface area contributed by atoms with Crippen LogP contribution in [0, 0.1) is 11.6 Å². The monoisotopic (exact) mass is 434 g/mol. The Balaban J connectivity index is 1.61. The van der Waals surface area contributed by atoms with Gasteiger partial charge in [0.15, 0.2) is 11.6 Å². The molecule has 2 aromatic carbocycles. The third kappa shape index (κ3) is 6.30. The van der Waals surface area contributed by atoms with E-state index in [0.29, 0.717) is 31.6 Å². The van der Waals surface area contributed by atoms with Crippen molar-refractivity contribution in [2.75, 3.05) is 24.5 Å². The van der Waals surface area contributed by atoms with Gasteiger partial charge in [0, 0.05) is 25.7 Å². The molecule has 0 spiro atoms. The van der Waals surface area contributed by atoms with Crippen molar-refractivity contribution < 1.29 is 28.2 Å². The van der Waals surface area contributed by atoms with E-state index < -0.39 is 28.9 Å². The number of hydrogen-bond donors (Lipinski definition) is 2. The van der Waals surface area contributed by atoms with Crippen LogP contribution >= 0.6 is 0 Å². The maximum Gasteiger partial charge on any atom is 0.407 e. The average Bonchev–Trinajstić information content (AvgIpc) is 2.68. The van der Waals surface area contributed by atoms with Crippen LogP contribution in [0.3, 0.4) is 0 Å². The minimum atomic E-state index is -1.10. The molecule has 0 bridgehead atoms. The number of halogens is 2. The number of nitrogens with one attached hydrogen (secondary N) is 1. The summed E-state index contributed by atoms with van der Waals surface area (Å²) in [6.07, 6.45) is 0.102. The van der Waals surface area contributed by atoms with Crippen LogP contribution in [0.1, 0.15) is 33.6 Å². The molecule has 31 heavy (non-hydrogen) atoms. The molecule has 0 atom stereocenters. The SMILES string of the molecule is CC(C)(C)OC(=O)NCC1(O)CCN(c2cccc(Oc3cccc(F)c3)c2F)CC1. The van der Waals surface area contributed by atoms with Gasteiger partial charge in [-0.25, -0.2) is 13.6 Å². The topological polar surface area (TPSA) is 71.0 Å². The fourth-order valence-corrected chi connectivity index (χ4v) is 3.37. The fourth-order valence-electron chi connectivity index (χ4n) is 3.37. The Labute approximate surface area is 180 Å². The average molecular weight is 434 g/mol. The van der Waals surface area contributed by atoms with E-state index in [1.807, 2.05) is 4.90 Å². The van der Waals surface area contributed by atoms with E-state index in [9.17, 15) is 14.3 Å². The van der Waals surface area contributed by atoms with Crippen LogP contribution < -0.4 is 15.0 Å². The highest BCUT2D eigenvalue weighted by atomic mass is 19.1. The van der Waals surface area contributed by atoms with Gasteiger partial charge in [-0.05, 0) is 57.9 Å². The van der Waals surface area contributed by atoms with E-state index in [4.69, 9.17) is 9.47 Å². The van der Waals surface area contributed by atoms with Crippen molar-refractivity contribution in [3.05, 3.63) is 54.1 Å². The maximum atomic E-state index is 15.1. The van der Waals surface area contributed by atoms with Crippen molar-refractivity contribution >= 4 is 11.8 Å². The van der Waals surface area contributed by atoms with Crippen LogP contribution in [0.4, 0.5) is 19.3 Å². The Morgan fingerprint density at radius 3 is 2.48 bits per heavy atom. The molecule has 0 saturated carbocycles. The Bertz CT molecular complexity index is 922. The van der Waals surface area contributed by atoms with E-state index in [0.717, 1.165) is 0 Å². The molecule has 1 aliphatic rings. The lowest BCUT2D eigenvalue weighted by molar-refractivity contribution is 0.00793. The molecule has 1 fully saturated rings. The smallest absolute Gasteiger partial charge is 0.407 e. The number of amides is 1. The number of nitrogens with zero attached hydrogens (tertiary/aromatic N) is 1. The molecule has 0 aliphatic carbocycles. The Kier molecular flexibility index (Phi) is 6.69. The number of rotatable bonds is 5. The van der Waals surface area contributed by atoms with Gasteiger partial charge in [-0.1, -0.05) is 12.1 Å². The largest absolute Gasteiger partial charge is 0.454 e. The van der Waals surface area contributed by atoms with E-state index in [-0.39, 0.29) is 18.0 Å². The predicted octanol–water partition coefficient (Wildman–Crippen LogP) is 4.61. The summed E-state index contributed by atoms with van der Waals surface area (Å²) in [5.41, 5.74) is -1.37. The zero-order valence-corrected chi connectivity index (χ0v) is 18.0. The molecule has 1 saturated heterocycles. The summed E-state index contributed by atoms with van der Waals surface area (Å²) in [5.74, 6) is -0.818.